The molecule has 0 bridgehead atoms. The lowest BCUT2D eigenvalue weighted by molar-refractivity contribution is -0.142. The van der Waals surface area contributed by atoms with Crippen LogP contribution in [0.25, 0.3) is 0 Å². The van der Waals surface area contributed by atoms with Gasteiger partial charge in [-0.05, 0) is 54.3 Å². The highest BCUT2D eigenvalue weighted by Gasteiger charge is 2.30. The van der Waals surface area contributed by atoms with Crippen molar-refractivity contribution in [3.05, 3.63) is 101 Å². The molecule has 0 saturated heterocycles. The van der Waals surface area contributed by atoms with Crippen molar-refractivity contribution < 1.29 is 14.3 Å². The SMILES string of the molecule is CCCNC(=O)[C@@H](Cc1ccccc1)N(Cc1ccc(Cl)cc1)C(=O)COc1cccc(C)c1. The molecule has 0 heterocycles. The van der Waals surface area contributed by atoms with Crippen LogP contribution in [0.4, 0.5) is 0 Å². The normalized spacial score (nSPS) is 11.5. The molecule has 0 unspecified atom stereocenters. The van der Waals surface area contributed by atoms with Gasteiger partial charge >= 0.3 is 0 Å². The van der Waals surface area contributed by atoms with Crippen molar-refractivity contribution in [2.24, 2.45) is 0 Å². The van der Waals surface area contributed by atoms with E-state index in [9.17, 15) is 9.59 Å². The Morgan fingerprint density at radius 2 is 1.71 bits per heavy atom. The Kier molecular flexibility index (Phi) is 9.53. The third-order valence-electron chi connectivity index (χ3n) is 5.44. The number of carbonyl (C=O) groups excluding carboxylic acids is 2. The number of ether oxygens (including phenoxy) is 1. The number of rotatable bonds is 11. The van der Waals surface area contributed by atoms with Crippen molar-refractivity contribution in [3.8, 4) is 5.75 Å². The van der Waals surface area contributed by atoms with Gasteiger partial charge in [-0.3, -0.25) is 9.59 Å². The van der Waals surface area contributed by atoms with Crippen LogP contribution < -0.4 is 10.1 Å². The van der Waals surface area contributed by atoms with Crippen LogP contribution in [0.5, 0.6) is 5.75 Å². The molecule has 0 spiro atoms. The lowest BCUT2D eigenvalue weighted by Gasteiger charge is -2.31. The van der Waals surface area contributed by atoms with E-state index in [1.54, 1.807) is 17.0 Å². The van der Waals surface area contributed by atoms with Gasteiger partial charge in [-0.1, -0.05) is 73.1 Å². The monoisotopic (exact) mass is 478 g/mol. The van der Waals surface area contributed by atoms with E-state index in [1.165, 1.54) is 0 Å². The zero-order valence-electron chi connectivity index (χ0n) is 19.7. The van der Waals surface area contributed by atoms with E-state index >= 15 is 0 Å². The number of hydrogen-bond donors (Lipinski definition) is 1. The topological polar surface area (TPSA) is 58.6 Å². The van der Waals surface area contributed by atoms with Gasteiger partial charge in [-0.15, -0.1) is 0 Å². The molecule has 0 aromatic heterocycles. The number of hydrogen-bond acceptors (Lipinski definition) is 3. The van der Waals surface area contributed by atoms with Gasteiger partial charge in [0.15, 0.2) is 6.61 Å². The Bertz CT molecular complexity index is 1070. The lowest BCUT2D eigenvalue weighted by atomic mass is 10.0. The van der Waals surface area contributed by atoms with Gasteiger partial charge in [0.2, 0.25) is 5.91 Å². The summed E-state index contributed by atoms with van der Waals surface area (Å²) in [5.74, 6) is 0.183. The molecule has 5 nitrogen and oxygen atoms in total. The van der Waals surface area contributed by atoms with E-state index in [0.29, 0.717) is 23.7 Å². The maximum Gasteiger partial charge on any atom is 0.261 e. The summed E-state index contributed by atoms with van der Waals surface area (Å²) in [6.45, 7) is 4.62. The van der Waals surface area contributed by atoms with Gasteiger partial charge in [-0.2, -0.15) is 0 Å². The largest absolute Gasteiger partial charge is 0.484 e. The number of nitrogens with zero attached hydrogens (tertiary/aromatic N) is 1. The second-order valence-corrected chi connectivity index (χ2v) is 8.69. The van der Waals surface area contributed by atoms with Crippen LogP contribution >= 0.6 is 11.6 Å². The summed E-state index contributed by atoms with van der Waals surface area (Å²) >= 11 is 6.05. The highest BCUT2D eigenvalue weighted by molar-refractivity contribution is 6.30. The molecule has 6 heteroatoms. The molecule has 0 saturated carbocycles. The first-order valence-corrected chi connectivity index (χ1v) is 11.9. The molecule has 0 fully saturated rings. The number of aryl methyl sites for hydroxylation is 1. The summed E-state index contributed by atoms with van der Waals surface area (Å²) in [7, 11) is 0. The summed E-state index contributed by atoms with van der Waals surface area (Å²) in [5.41, 5.74) is 2.91. The van der Waals surface area contributed by atoms with Crippen molar-refractivity contribution in [1.29, 1.82) is 0 Å². The highest BCUT2D eigenvalue weighted by atomic mass is 35.5. The average molecular weight is 479 g/mol. The number of amides is 2. The second-order valence-electron chi connectivity index (χ2n) is 8.25. The summed E-state index contributed by atoms with van der Waals surface area (Å²) < 4.78 is 5.80. The van der Waals surface area contributed by atoms with Crippen LogP contribution in [0.2, 0.25) is 5.02 Å². The third kappa shape index (κ3) is 7.63. The average Bonchev–Trinajstić information content (AvgIpc) is 2.85. The van der Waals surface area contributed by atoms with Crippen LogP contribution in [0.1, 0.15) is 30.0 Å². The molecule has 178 valence electrons. The first-order valence-electron chi connectivity index (χ1n) is 11.5. The van der Waals surface area contributed by atoms with Gasteiger partial charge in [0, 0.05) is 24.5 Å². The molecule has 0 aliphatic rings. The van der Waals surface area contributed by atoms with Crippen LogP contribution in [-0.4, -0.2) is 35.9 Å². The quantitative estimate of drug-likeness (QED) is 0.412. The molecule has 3 rings (SSSR count). The maximum atomic E-state index is 13.5. The van der Waals surface area contributed by atoms with E-state index < -0.39 is 6.04 Å². The van der Waals surface area contributed by atoms with Crippen molar-refractivity contribution in [2.75, 3.05) is 13.2 Å². The molecule has 1 atom stereocenters. The fourth-order valence-corrected chi connectivity index (χ4v) is 3.77. The fourth-order valence-electron chi connectivity index (χ4n) is 3.64. The molecule has 2 amide bonds. The van der Waals surface area contributed by atoms with E-state index in [0.717, 1.165) is 23.1 Å². The Morgan fingerprint density at radius 3 is 2.38 bits per heavy atom. The smallest absolute Gasteiger partial charge is 0.261 e. The minimum atomic E-state index is -0.682. The zero-order chi connectivity index (χ0) is 24.3. The minimum absolute atomic E-state index is 0.163. The molecular formula is C28H31ClN2O3. The van der Waals surface area contributed by atoms with Crippen LogP contribution in [0.3, 0.4) is 0 Å². The summed E-state index contributed by atoms with van der Waals surface area (Å²) in [5, 5.41) is 3.59. The molecular weight excluding hydrogens is 448 g/mol. The summed E-state index contributed by atoms with van der Waals surface area (Å²) in [6, 6.07) is 23.9. The summed E-state index contributed by atoms with van der Waals surface area (Å²) in [4.78, 5) is 28.3. The first kappa shape index (κ1) is 25.3. The van der Waals surface area contributed by atoms with Crippen LogP contribution in [0, 0.1) is 6.92 Å². The van der Waals surface area contributed by atoms with Crippen molar-refractivity contribution in [3.63, 3.8) is 0 Å². The maximum absolute atomic E-state index is 13.5. The number of halogens is 1. The fraction of sp³-hybridized carbons (Fsp3) is 0.286. The Labute approximate surface area is 206 Å². The second kappa shape index (κ2) is 12.8. The lowest BCUT2D eigenvalue weighted by Crippen LogP contribution is -2.51. The number of carbonyl (C=O) groups is 2. The number of nitrogens with one attached hydrogen (secondary N) is 1. The standard InChI is InChI=1S/C28H31ClN2O3/c1-3-16-30-28(33)26(18-22-9-5-4-6-10-22)31(19-23-12-14-24(29)15-13-23)27(32)20-34-25-11-7-8-21(2)17-25/h4-15,17,26H,3,16,18-20H2,1-2H3,(H,30,33)/t26-/m1/s1. The van der Waals surface area contributed by atoms with Gasteiger partial charge in [0.05, 0.1) is 0 Å². The molecule has 3 aromatic rings. The van der Waals surface area contributed by atoms with E-state index in [4.69, 9.17) is 16.3 Å². The highest BCUT2D eigenvalue weighted by Crippen LogP contribution is 2.18. The molecule has 34 heavy (non-hydrogen) atoms. The Balaban J connectivity index is 1.88. The van der Waals surface area contributed by atoms with Gasteiger partial charge < -0.3 is 15.0 Å². The third-order valence-corrected chi connectivity index (χ3v) is 5.69. The minimum Gasteiger partial charge on any atom is -0.484 e. The summed E-state index contributed by atoms with van der Waals surface area (Å²) in [6.07, 6.45) is 1.21. The van der Waals surface area contributed by atoms with Crippen LogP contribution in [0.15, 0.2) is 78.9 Å². The molecule has 1 N–H and O–H groups in total. The van der Waals surface area contributed by atoms with E-state index in [-0.39, 0.29) is 25.0 Å². The van der Waals surface area contributed by atoms with Gasteiger partial charge in [0.1, 0.15) is 11.8 Å². The Morgan fingerprint density at radius 1 is 0.971 bits per heavy atom. The van der Waals surface area contributed by atoms with Gasteiger partial charge in [0.25, 0.3) is 5.91 Å². The van der Waals surface area contributed by atoms with E-state index in [2.05, 4.69) is 5.32 Å². The molecule has 0 radical (unpaired) electrons. The zero-order valence-corrected chi connectivity index (χ0v) is 20.4. The molecule has 0 aliphatic carbocycles. The first-order chi connectivity index (χ1) is 16.5. The van der Waals surface area contributed by atoms with Crippen molar-refractivity contribution in [1.82, 2.24) is 10.2 Å². The van der Waals surface area contributed by atoms with Crippen molar-refractivity contribution in [2.45, 2.75) is 39.3 Å². The molecule has 3 aromatic carbocycles. The predicted octanol–water partition coefficient (Wildman–Crippen LogP) is 5.19. The Hall–Kier alpha value is -3.31. The van der Waals surface area contributed by atoms with Crippen molar-refractivity contribution >= 4 is 23.4 Å². The number of benzene rings is 3. The van der Waals surface area contributed by atoms with Gasteiger partial charge in [-0.25, -0.2) is 0 Å². The predicted molar refractivity (Wildman–Crippen MR) is 136 cm³/mol. The van der Waals surface area contributed by atoms with Crippen LogP contribution in [-0.2, 0) is 22.6 Å². The molecule has 0 aliphatic heterocycles. The van der Waals surface area contributed by atoms with E-state index in [1.807, 2.05) is 80.6 Å².